The molecule has 0 atom stereocenters. The fraction of sp³-hybridized carbons (Fsp3) is 0.286. The minimum atomic E-state index is 0.626. The number of pyridine rings is 1. The lowest BCUT2D eigenvalue weighted by atomic mass is 10.2. The van der Waals surface area contributed by atoms with Crippen LogP contribution in [0.1, 0.15) is 11.1 Å². The summed E-state index contributed by atoms with van der Waals surface area (Å²) >= 11 is 11.8. The average molecular weight is 427 g/mol. The Morgan fingerprint density at radius 2 is 1.86 bits per heavy atom. The third-order valence-corrected chi connectivity index (χ3v) is 5.68. The van der Waals surface area contributed by atoms with Crippen molar-refractivity contribution < 1.29 is 0 Å². The Hall–Kier alpha value is -2.48. The highest BCUT2D eigenvalue weighted by Gasteiger charge is 2.19. The summed E-state index contributed by atoms with van der Waals surface area (Å²) in [5.41, 5.74) is 2.28. The molecular weight excluding hydrogens is 404 g/mol. The second-order valence-corrected chi connectivity index (χ2v) is 7.84. The summed E-state index contributed by atoms with van der Waals surface area (Å²) in [6, 6.07) is 13.8. The topological polar surface area (TPSA) is 49.2 Å². The number of hydrogen-bond acceptors (Lipinski definition) is 4. The molecule has 0 amide bonds. The molecule has 1 aliphatic heterocycles. The number of rotatable bonds is 5. The van der Waals surface area contributed by atoms with Crippen molar-refractivity contribution in [1.82, 2.24) is 24.6 Å². The normalized spacial score (nSPS) is 14.7. The van der Waals surface area contributed by atoms with Crippen LogP contribution < -0.4 is 5.32 Å². The van der Waals surface area contributed by atoms with E-state index in [-0.39, 0.29) is 0 Å². The first kappa shape index (κ1) is 19.8. The van der Waals surface area contributed by atoms with Gasteiger partial charge in [0.2, 0.25) is 0 Å². The summed E-state index contributed by atoms with van der Waals surface area (Å²) in [6.45, 7) is 5.28. The van der Waals surface area contributed by atoms with E-state index in [0.717, 1.165) is 49.1 Å². The van der Waals surface area contributed by atoms with E-state index in [1.807, 2.05) is 53.5 Å². The summed E-state index contributed by atoms with van der Waals surface area (Å²) in [5, 5.41) is 9.29. The van der Waals surface area contributed by atoms with Gasteiger partial charge in [0.25, 0.3) is 0 Å². The second-order valence-electron chi connectivity index (χ2n) is 7.04. The molecule has 1 aliphatic rings. The van der Waals surface area contributed by atoms with Crippen LogP contribution in [0.25, 0.3) is 0 Å². The zero-order chi connectivity index (χ0) is 20.1. The van der Waals surface area contributed by atoms with Crippen LogP contribution in [0.15, 0.2) is 61.1 Å². The lowest BCUT2D eigenvalue weighted by molar-refractivity contribution is 0.177. The number of halogens is 1. The van der Waals surface area contributed by atoms with Gasteiger partial charge in [-0.1, -0.05) is 35.9 Å². The molecule has 150 valence electrons. The van der Waals surface area contributed by atoms with Gasteiger partial charge in [0.05, 0.1) is 6.54 Å². The van der Waals surface area contributed by atoms with Gasteiger partial charge in [0.15, 0.2) is 10.9 Å². The van der Waals surface area contributed by atoms with E-state index < -0.39 is 0 Å². The molecule has 2 aromatic heterocycles. The molecule has 6 nitrogen and oxygen atoms in total. The number of benzene rings is 1. The Bertz CT molecular complexity index is 953. The van der Waals surface area contributed by atoms with E-state index in [2.05, 4.69) is 31.3 Å². The molecule has 3 aromatic rings. The third kappa shape index (κ3) is 5.32. The number of anilines is 1. The van der Waals surface area contributed by atoms with E-state index in [1.165, 1.54) is 5.56 Å². The molecule has 4 rings (SSSR count). The molecule has 1 saturated heterocycles. The lowest BCUT2D eigenvalue weighted by Gasteiger charge is -2.36. The molecule has 0 radical (unpaired) electrons. The molecule has 29 heavy (non-hydrogen) atoms. The van der Waals surface area contributed by atoms with Crippen molar-refractivity contribution in [3.05, 3.63) is 77.2 Å². The fourth-order valence-electron chi connectivity index (χ4n) is 3.37. The van der Waals surface area contributed by atoms with Crippen LogP contribution in [0.5, 0.6) is 0 Å². The highest BCUT2D eigenvalue weighted by atomic mass is 35.5. The van der Waals surface area contributed by atoms with Gasteiger partial charge >= 0.3 is 0 Å². The zero-order valence-electron chi connectivity index (χ0n) is 16.0. The van der Waals surface area contributed by atoms with Crippen molar-refractivity contribution in [2.24, 2.45) is 0 Å². The summed E-state index contributed by atoms with van der Waals surface area (Å²) < 4.78 is 1.86. The van der Waals surface area contributed by atoms with Gasteiger partial charge < -0.3 is 10.2 Å². The molecule has 8 heteroatoms. The summed E-state index contributed by atoms with van der Waals surface area (Å²) in [6.07, 6.45) is 5.67. The van der Waals surface area contributed by atoms with Gasteiger partial charge in [-0.25, -0.2) is 0 Å². The number of nitrogens with zero attached hydrogens (tertiary/aromatic N) is 5. The van der Waals surface area contributed by atoms with Gasteiger partial charge in [0, 0.05) is 62.4 Å². The van der Waals surface area contributed by atoms with Crippen LogP contribution in [0.3, 0.4) is 0 Å². The number of nitrogens with one attached hydrogen (secondary N) is 1. The first-order chi connectivity index (χ1) is 14.2. The van der Waals surface area contributed by atoms with Crippen molar-refractivity contribution in [2.45, 2.75) is 13.1 Å². The van der Waals surface area contributed by atoms with E-state index >= 15 is 0 Å². The van der Waals surface area contributed by atoms with Gasteiger partial charge in [-0.15, -0.1) is 0 Å². The van der Waals surface area contributed by atoms with Crippen LogP contribution in [0.2, 0.25) is 5.02 Å². The zero-order valence-corrected chi connectivity index (χ0v) is 17.6. The van der Waals surface area contributed by atoms with Crippen LogP contribution >= 0.6 is 23.8 Å². The maximum absolute atomic E-state index is 6.24. The van der Waals surface area contributed by atoms with Crippen molar-refractivity contribution in [3.8, 4) is 0 Å². The number of aromatic nitrogens is 3. The smallest absolute Gasteiger partial charge is 0.174 e. The van der Waals surface area contributed by atoms with Gasteiger partial charge in [0.1, 0.15) is 0 Å². The Balaban J connectivity index is 1.27. The van der Waals surface area contributed by atoms with Gasteiger partial charge in [-0.3, -0.25) is 14.6 Å². The standard InChI is InChI=1S/C21H23ClN6S/c22-19-6-2-1-5-18(19)16-28-9-7-20(25-28)24-21(29)27-12-10-26(11-13-27)15-17-4-3-8-23-14-17/h1-9,14H,10-13,15-16H2,(H,24,25,29). The van der Waals surface area contributed by atoms with E-state index in [4.69, 9.17) is 23.8 Å². The molecule has 0 aliphatic carbocycles. The SMILES string of the molecule is S=C(Nc1ccn(Cc2ccccc2Cl)n1)N1CCN(Cc2cccnc2)CC1. The lowest BCUT2D eigenvalue weighted by Crippen LogP contribution is -2.49. The number of thiocarbonyl (C=S) groups is 1. The molecule has 3 heterocycles. The van der Waals surface area contributed by atoms with E-state index in [1.54, 1.807) is 6.20 Å². The summed E-state index contributed by atoms with van der Waals surface area (Å²) in [5.74, 6) is 0.750. The predicted molar refractivity (Wildman–Crippen MR) is 120 cm³/mol. The van der Waals surface area contributed by atoms with Crippen LogP contribution in [0.4, 0.5) is 5.82 Å². The maximum Gasteiger partial charge on any atom is 0.174 e. The second kappa shape index (κ2) is 9.35. The first-order valence-electron chi connectivity index (χ1n) is 9.61. The summed E-state index contributed by atoms with van der Waals surface area (Å²) in [7, 11) is 0. The van der Waals surface area contributed by atoms with Crippen LogP contribution in [-0.4, -0.2) is 55.9 Å². The monoisotopic (exact) mass is 426 g/mol. The Morgan fingerprint density at radius 3 is 2.62 bits per heavy atom. The van der Waals surface area contributed by atoms with Crippen molar-refractivity contribution in [1.29, 1.82) is 0 Å². The summed E-state index contributed by atoms with van der Waals surface area (Å²) in [4.78, 5) is 8.81. The fourth-order valence-corrected chi connectivity index (χ4v) is 3.85. The molecule has 1 fully saturated rings. The van der Waals surface area contributed by atoms with Crippen molar-refractivity contribution >= 4 is 34.7 Å². The first-order valence-corrected chi connectivity index (χ1v) is 10.4. The van der Waals surface area contributed by atoms with E-state index in [0.29, 0.717) is 11.7 Å². The van der Waals surface area contributed by atoms with Crippen molar-refractivity contribution in [2.75, 3.05) is 31.5 Å². The third-order valence-electron chi connectivity index (χ3n) is 4.95. The molecule has 1 N–H and O–H groups in total. The molecule has 1 aromatic carbocycles. The maximum atomic E-state index is 6.24. The van der Waals surface area contributed by atoms with Gasteiger partial charge in [-0.05, 0) is 35.5 Å². The molecule has 0 unspecified atom stereocenters. The Labute approximate surface area is 181 Å². The molecule has 0 saturated carbocycles. The molecule has 0 bridgehead atoms. The number of piperazine rings is 1. The highest BCUT2D eigenvalue weighted by Crippen LogP contribution is 2.17. The van der Waals surface area contributed by atoms with Crippen molar-refractivity contribution in [3.63, 3.8) is 0 Å². The van der Waals surface area contributed by atoms with E-state index in [9.17, 15) is 0 Å². The van der Waals surface area contributed by atoms with Gasteiger partial charge in [-0.2, -0.15) is 5.10 Å². The van der Waals surface area contributed by atoms with Crippen LogP contribution in [-0.2, 0) is 13.1 Å². The highest BCUT2D eigenvalue weighted by molar-refractivity contribution is 7.80. The average Bonchev–Trinajstić information content (AvgIpc) is 3.18. The minimum Gasteiger partial charge on any atom is -0.346 e. The largest absolute Gasteiger partial charge is 0.346 e. The minimum absolute atomic E-state index is 0.626. The Kier molecular flexibility index (Phi) is 6.39. The number of hydrogen-bond donors (Lipinski definition) is 1. The molecular formula is C21H23ClN6S. The quantitative estimate of drug-likeness (QED) is 0.630. The van der Waals surface area contributed by atoms with Crippen LogP contribution in [0, 0.1) is 0 Å². The Morgan fingerprint density at radius 1 is 1.03 bits per heavy atom. The predicted octanol–water partition coefficient (Wildman–Crippen LogP) is 3.49. The molecule has 0 spiro atoms.